The minimum atomic E-state index is -2.85. The van der Waals surface area contributed by atoms with E-state index in [-0.39, 0.29) is 28.0 Å². The van der Waals surface area contributed by atoms with E-state index < -0.39 is 30.9 Å². The van der Waals surface area contributed by atoms with Crippen molar-refractivity contribution in [1.29, 1.82) is 0 Å². The highest BCUT2D eigenvalue weighted by molar-refractivity contribution is 6.21. The molecule has 0 atom stereocenters. The van der Waals surface area contributed by atoms with E-state index in [4.69, 9.17) is 4.74 Å². The first kappa shape index (κ1) is 21.6. The number of nitrogens with zero attached hydrogens (tertiary/aromatic N) is 3. The molecule has 0 unspecified atom stereocenters. The molecule has 32 heavy (non-hydrogen) atoms. The monoisotopic (exact) mass is 441 g/mol. The molecule has 2 heterocycles. The van der Waals surface area contributed by atoms with Crippen LogP contribution in [0.5, 0.6) is 0 Å². The number of hydrogen-bond donors (Lipinski definition) is 0. The summed E-state index contributed by atoms with van der Waals surface area (Å²) >= 11 is 0. The second-order valence-corrected chi connectivity index (χ2v) is 7.95. The van der Waals surface area contributed by atoms with Crippen LogP contribution >= 0.6 is 0 Å². The number of para-hydroxylation sites is 2. The maximum absolute atomic E-state index is 13.5. The number of alkyl halides is 2. The number of carbonyl (C=O) groups excluding carboxylic acids is 3. The second-order valence-electron chi connectivity index (χ2n) is 7.95. The van der Waals surface area contributed by atoms with Crippen LogP contribution in [0.1, 0.15) is 63.7 Å². The Kier molecular flexibility index (Phi) is 5.73. The average molecular weight is 441 g/mol. The van der Waals surface area contributed by atoms with E-state index >= 15 is 0 Å². The van der Waals surface area contributed by atoms with E-state index in [9.17, 15) is 23.2 Å². The Hall–Kier alpha value is -3.62. The Labute approximate surface area is 182 Å². The van der Waals surface area contributed by atoms with Gasteiger partial charge in [0, 0.05) is 6.54 Å². The summed E-state index contributed by atoms with van der Waals surface area (Å²) in [6.45, 7) is 0.968. The fourth-order valence-corrected chi connectivity index (χ4v) is 3.64. The summed E-state index contributed by atoms with van der Waals surface area (Å²) in [6.07, 6.45) is 0.672. The smallest absolute Gasteiger partial charge is 0.338 e. The van der Waals surface area contributed by atoms with Crippen LogP contribution in [-0.2, 0) is 11.3 Å². The Morgan fingerprint density at radius 2 is 1.78 bits per heavy atom. The molecule has 0 aliphatic carbocycles. The van der Waals surface area contributed by atoms with Gasteiger partial charge in [0.25, 0.3) is 11.8 Å². The number of hydrogen-bond acceptors (Lipinski definition) is 5. The van der Waals surface area contributed by atoms with Crippen LogP contribution < -0.4 is 0 Å². The Morgan fingerprint density at radius 1 is 1.06 bits per heavy atom. The number of fused-ring (bicyclic) bond motifs is 2. The molecule has 166 valence electrons. The van der Waals surface area contributed by atoms with E-state index in [1.807, 2.05) is 13.8 Å². The summed E-state index contributed by atoms with van der Waals surface area (Å²) < 4.78 is 33.0. The average Bonchev–Trinajstić information content (AvgIpc) is 3.25. The van der Waals surface area contributed by atoms with Gasteiger partial charge >= 0.3 is 12.5 Å². The molecule has 0 bridgehead atoms. The maximum Gasteiger partial charge on any atom is 0.338 e. The fraction of sp³-hybridized carbons (Fsp3) is 0.304. The lowest BCUT2D eigenvalue weighted by Gasteiger charge is -2.14. The van der Waals surface area contributed by atoms with Crippen molar-refractivity contribution in [2.45, 2.75) is 33.4 Å². The molecular formula is C23H21F2N3O4. The summed E-state index contributed by atoms with van der Waals surface area (Å²) in [7, 11) is 0. The summed E-state index contributed by atoms with van der Waals surface area (Å²) in [5.74, 6) is -1.43. The van der Waals surface area contributed by atoms with Gasteiger partial charge in [-0.15, -0.1) is 0 Å². The van der Waals surface area contributed by atoms with Gasteiger partial charge in [-0.1, -0.05) is 26.0 Å². The number of imide groups is 1. The number of rotatable bonds is 7. The molecule has 0 N–H and O–H groups in total. The van der Waals surface area contributed by atoms with Gasteiger partial charge in [0.05, 0.1) is 27.7 Å². The zero-order valence-electron chi connectivity index (χ0n) is 17.5. The predicted octanol–water partition coefficient (Wildman–Crippen LogP) is 4.43. The topological polar surface area (TPSA) is 81.5 Å². The Bertz CT molecular complexity index is 1220. The third-order valence-electron chi connectivity index (χ3n) is 5.33. The van der Waals surface area contributed by atoms with Crippen molar-refractivity contribution < 1.29 is 27.9 Å². The quantitative estimate of drug-likeness (QED) is 0.400. The maximum atomic E-state index is 13.5. The van der Waals surface area contributed by atoms with Gasteiger partial charge in [0.15, 0.2) is 5.82 Å². The van der Waals surface area contributed by atoms with Crippen molar-refractivity contribution in [1.82, 2.24) is 14.5 Å². The van der Waals surface area contributed by atoms with Gasteiger partial charge in [0.2, 0.25) is 0 Å². The number of aromatic nitrogens is 2. The van der Waals surface area contributed by atoms with Gasteiger partial charge in [-0.2, -0.15) is 8.78 Å². The summed E-state index contributed by atoms with van der Waals surface area (Å²) in [5, 5.41) is 0. The zero-order chi connectivity index (χ0) is 23.0. The van der Waals surface area contributed by atoms with Crippen LogP contribution in [-0.4, -0.2) is 38.8 Å². The lowest BCUT2D eigenvalue weighted by Crippen LogP contribution is -2.31. The van der Waals surface area contributed by atoms with Gasteiger partial charge in [-0.3, -0.25) is 19.1 Å². The number of amides is 2. The molecule has 4 rings (SSSR count). The molecule has 2 aromatic carbocycles. The van der Waals surface area contributed by atoms with Gasteiger partial charge < -0.3 is 4.74 Å². The third-order valence-corrected chi connectivity index (χ3v) is 5.33. The first-order valence-corrected chi connectivity index (χ1v) is 10.2. The summed E-state index contributed by atoms with van der Waals surface area (Å²) in [5.41, 5.74) is 1.01. The SMILES string of the molecule is CC(C)CCN1C(=O)c2ccc(C(=O)OCc3nc4ccccc4n3C(F)F)cc2C1=O. The van der Waals surface area contributed by atoms with Crippen molar-refractivity contribution in [2.75, 3.05) is 6.54 Å². The standard InChI is InChI=1S/C23H21F2N3O4/c1-13(2)9-10-27-20(29)15-8-7-14(11-16(15)21(27)30)22(31)32-12-19-26-17-5-3-4-6-18(17)28(19)23(24)25/h3-8,11,13,23H,9-10,12H2,1-2H3. The van der Waals surface area contributed by atoms with E-state index in [2.05, 4.69) is 4.98 Å². The van der Waals surface area contributed by atoms with Crippen LogP contribution in [0.25, 0.3) is 11.0 Å². The molecule has 0 saturated heterocycles. The van der Waals surface area contributed by atoms with Gasteiger partial charge in [-0.05, 0) is 42.7 Å². The molecule has 1 aliphatic heterocycles. The van der Waals surface area contributed by atoms with Crippen LogP contribution in [0, 0.1) is 5.92 Å². The first-order valence-electron chi connectivity index (χ1n) is 10.2. The van der Waals surface area contributed by atoms with Crippen molar-refractivity contribution in [3.8, 4) is 0 Å². The van der Waals surface area contributed by atoms with Gasteiger partial charge in [-0.25, -0.2) is 9.78 Å². The van der Waals surface area contributed by atoms with E-state index in [1.165, 1.54) is 29.2 Å². The van der Waals surface area contributed by atoms with Crippen LogP contribution in [0.4, 0.5) is 8.78 Å². The molecule has 0 radical (unpaired) electrons. The van der Waals surface area contributed by atoms with Crippen molar-refractivity contribution in [3.05, 3.63) is 65.0 Å². The minimum absolute atomic E-state index is 0.0512. The number of imidazole rings is 1. The lowest BCUT2D eigenvalue weighted by atomic mass is 10.1. The number of halogens is 2. The molecule has 3 aromatic rings. The normalized spacial score (nSPS) is 13.5. The molecule has 0 saturated carbocycles. The summed E-state index contributed by atoms with van der Waals surface area (Å²) in [6, 6.07) is 10.5. The van der Waals surface area contributed by atoms with Crippen molar-refractivity contribution >= 4 is 28.8 Å². The number of benzene rings is 2. The number of carbonyl (C=O) groups is 3. The molecule has 1 aromatic heterocycles. The highest BCUT2D eigenvalue weighted by Gasteiger charge is 2.36. The Morgan fingerprint density at radius 3 is 2.50 bits per heavy atom. The van der Waals surface area contributed by atoms with Crippen molar-refractivity contribution in [3.63, 3.8) is 0 Å². The molecule has 7 nitrogen and oxygen atoms in total. The largest absolute Gasteiger partial charge is 0.454 e. The summed E-state index contributed by atoms with van der Waals surface area (Å²) in [4.78, 5) is 43.0. The third kappa shape index (κ3) is 3.86. The van der Waals surface area contributed by atoms with E-state index in [1.54, 1.807) is 18.2 Å². The van der Waals surface area contributed by atoms with E-state index in [0.717, 1.165) is 0 Å². The molecule has 0 spiro atoms. The highest BCUT2D eigenvalue weighted by atomic mass is 19.3. The highest BCUT2D eigenvalue weighted by Crippen LogP contribution is 2.26. The molecule has 2 amide bonds. The van der Waals surface area contributed by atoms with Crippen LogP contribution in [0.15, 0.2) is 42.5 Å². The molecule has 1 aliphatic rings. The number of ether oxygens (including phenoxy) is 1. The van der Waals surface area contributed by atoms with Crippen LogP contribution in [0.2, 0.25) is 0 Å². The van der Waals surface area contributed by atoms with Gasteiger partial charge in [0.1, 0.15) is 6.61 Å². The van der Waals surface area contributed by atoms with Crippen LogP contribution in [0.3, 0.4) is 0 Å². The first-order chi connectivity index (χ1) is 15.3. The molecule has 0 fully saturated rings. The zero-order valence-corrected chi connectivity index (χ0v) is 17.5. The molecule has 9 heteroatoms. The minimum Gasteiger partial charge on any atom is -0.454 e. The lowest BCUT2D eigenvalue weighted by molar-refractivity contribution is 0.0387. The number of esters is 1. The second kappa shape index (κ2) is 8.49. The predicted molar refractivity (Wildman–Crippen MR) is 111 cm³/mol. The van der Waals surface area contributed by atoms with E-state index in [0.29, 0.717) is 29.0 Å². The van der Waals surface area contributed by atoms with Crippen molar-refractivity contribution in [2.24, 2.45) is 5.92 Å². The Balaban J connectivity index is 1.52. The fourth-order valence-electron chi connectivity index (χ4n) is 3.64. The molecular weight excluding hydrogens is 420 g/mol.